The van der Waals surface area contributed by atoms with Gasteiger partial charge in [0.05, 0.1) is 17.3 Å². The molecule has 6 N–H and O–H groups in total. The van der Waals surface area contributed by atoms with E-state index in [9.17, 15) is 15.0 Å². The summed E-state index contributed by atoms with van der Waals surface area (Å²) in [4.78, 5) is 14.0. The molecule has 1 aromatic carbocycles. The first-order valence-electron chi connectivity index (χ1n) is 12.4. The minimum atomic E-state index is -0.923. The average Bonchev–Trinajstić information content (AvgIpc) is 3.41. The number of halogens is 1. The predicted molar refractivity (Wildman–Crippen MR) is 141 cm³/mol. The molecular formula is C25H35IN4O4. The first kappa shape index (κ1) is 24.0. The monoisotopic (exact) mass is 582 g/mol. The number of rotatable bonds is 5. The number of anilines is 3. The normalized spacial score (nSPS) is 34.1. The molecule has 34 heavy (non-hydrogen) atoms. The first-order valence-corrected chi connectivity index (χ1v) is 13.7. The second-order valence-electron chi connectivity index (χ2n) is 10.2. The van der Waals surface area contributed by atoms with Gasteiger partial charge in [0.1, 0.15) is 16.4 Å². The lowest BCUT2D eigenvalue weighted by Crippen LogP contribution is -2.53. The molecule has 7 unspecified atom stereocenters. The molecule has 3 aliphatic heterocycles. The minimum absolute atomic E-state index is 0.0247. The number of aliphatic hydroxyl groups is 1. The van der Waals surface area contributed by atoms with Crippen molar-refractivity contribution in [2.75, 3.05) is 22.1 Å². The van der Waals surface area contributed by atoms with Crippen molar-refractivity contribution in [1.82, 2.24) is 0 Å². The Labute approximate surface area is 214 Å². The average molecular weight is 582 g/mol. The Morgan fingerprint density at radius 2 is 2.12 bits per heavy atom. The number of benzene rings is 1. The van der Waals surface area contributed by atoms with Gasteiger partial charge in [-0.15, -0.1) is 0 Å². The molecule has 5 rings (SSSR count). The van der Waals surface area contributed by atoms with Crippen LogP contribution in [0.4, 0.5) is 17.1 Å². The van der Waals surface area contributed by atoms with Gasteiger partial charge in [-0.1, -0.05) is 35.1 Å². The van der Waals surface area contributed by atoms with Gasteiger partial charge in [-0.2, -0.15) is 0 Å². The summed E-state index contributed by atoms with van der Waals surface area (Å²) < 4.78 is 5.72. The van der Waals surface area contributed by atoms with Crippen LogP contribution in [0.1, 0.15) is 51.0 Å². The summed E-state index contributed by atoms with van der Waals surface area (Å²) in [7, 11) is 0. The standard InChI is InChI=1S/C25H35IN4O4/c1-13-5-6-17-19(28-13)7-8-20-21(17)29-24(22(31)18(27)12-14-9-10-34-23(14)26)30(20)16-4-2-3-15(11-16)25(32)33/h7-8,12-16,22-24,28-29,31H,2-6,9-11,27H2,1H3,(H,32,33)/b18-12-. The number of carboxylic acids is 1. The van der Waals surface area contributed by atoms with E-state index in [1.165, 1.54) is 5.56 Å². The highest BCUT2D eigenvalue weighted by Crippen LogP contribution is 2.47. The van der Waals surface area contributed by atoms with Crippen molar-refractivity contribution in [2.45, 2.75) is 80.3 Å². The fourth-order valence-electron chi connectivity index (χ4n) is 6.03. The van der Waals surface area contributed by atoms with Gasteiger partial charge < -0.3 is 36.2 Å². The molecule has 9 heteroatoms. The van der Waals surface area contributed by atoms with E-state index < -0.39 is 18.2 Å². The number of ether oxygens (including phenoxy) is 1. The maximum absolute atomic E-state index is 11.8. The molecule has 4 aliphatic rings. The van der Waals surface area contributed by atoms with Crippen LogP contribution in [0.5, 0.6) is 0 Å². The summed E-state index contributed by atoms with van der Waals surface area (Å²) in [6.07, 6.45) is 6.53. The molecule has 0 aromatic heterocycles. The zero-order valence-corrected chi connectivity index (χ0v) is 21.7. The van der Waals surface area contributed by atoms with E-state index in [0.29, 0.717) is 31.2 Å². The van der Waals surface area contributed by atoms with Crippen LogP contribution in [0.2, 0.25) is 0 Å². The lowest BCUT2D eigenvalue weighted by Gasteiger charge is -2.40. The second kappa shape index (κ2) is 9.73. The van der Waals surface area contributed by atoms with Crippen LogP contribution in [0.25, 0.3) is 0 Å². The Morgan fingerprint density at radius 1 is 1.29 bits per heavy atom. The number of hydrogen-bond donors (Lipinski definition) is 5. The Hall–Kier alpha value is -1.72. The molecule has 0 amide bonds. The molecule has 7 atom stereocenters. The summed E-state index contributed by atoms with van der Waals surface area (Å²) in [5.74, 6) is -0.910. The lowest BCUT2D eigenvalue weighted by atomic mass is 9.84. The van der Waals surface area contributed by atoms with E-state index in [-0.39, 0.29) is 22.0 Å². The first-order chi connectivity index (χ1) is 16.3. The summed E-state index contributed by atoms with van der Waals surface area (Å²) >= 11 is 2.28. The number of aliphatic hydroxyl groups excluding tert-OH is 1. The summed E-state index contributed by atoms with van der Waals surface area (Å²) in [6, 6.07) is 4.68. The quantitative estimate of drug-likeness (QED) is 0.264. The molecule has 3 heterocycles. The van der Waals surface area contributed by atoms with Gasteiger partial charge in [0.25, 0.3) is 0 Å². The van der Waals surface area contributed by atoms with E-state index in [1.54, 1.807) is 0 Å². The third-order valence-electron chi connectivity index (χ3n) is 7.89. The maximum Gasteiger partial charge on any atom is 0.306 e. The number of carboxylic acid groups (broad SMARTS) is 1. The third kappa shape index (κ3) is 4.46. The van der Waals surface area contributed by atoms with Crippen LogP contribution in [-0.2, 0) is 16.0 Å². The summed E-state index contributed by atoms with van der Waals surface area (Å²) in [6.45, 7) is 2.89. The predicted octanol–water partition coefficient (Wildman–Crippen LogP) is 3.64. The largest absolute Gasteiger partial charge is 0.481 e. The number of carbonyl (C=O) groups is 1. The molecule has 2 fully saturated rings. The van der Waals surface area contributed by atoms with Gasteiger partial charge in [0.15, 0.2) is 0 Å². The highest BCUT2D eigenvalue weighted by atomic mass is 127. The number of nitrogens with one attached hydrogen (secondary N) is 2. The van der Waals surface area contributed by atoms with Gasteiger partial charge in [0, 0.05) is 41.6 Å². The molecular weight excluding hydrogens is 547 g/mol. The van der Waals surface area contributed by atoms with Crippen LogP contribution >= 0.6 is 22.6 Å². The van der Waals surface area contributed by atoms with E-state index >= 15 is 0 Å². The van der Waals surface area contributed by atoms with Crippen molar-refractivity contribution < 1.29 is 19.7 Å². The number of aliphatic carboxylic acids is 1. The molecule has 8 nitrogen and oxygen atoms in total. The maximum atomic E-state index is 11.8. The molecule has 1 aromatic rings. The van der Waals surface area contributed by atoms with Gasteiger partial charge >= 0.3 is 5.97 Å². The topological polar surface area (TPSA) is 120 Å². The highest BCUT2D eigenvalue weighted by molar-refractivity contribution is 14.1. The molecule has 0 bridgehead atoms. The fourth-order valence-corrected chi connectivity index (χ4v) is 6.85. The van der Waals surface area contributed by atoms with Crippen LogP contribution in [0, 0.1) is 11.8 Å². The van der Waals surface area contributed by atoms with Crippen LogP contribution in [0.3, 0.4) is 0 Å². The second-order valence-corrected chi connectivity index (χ2v) is 11.4. The van der Waals surface area contributed by atoms with E-state index in [0.717, 1.165) is 49.2 Å². The Balaban J connectivity index is 1.49. The third-order valence-corrected chi connectivity index (χ3v) is 9.17. The summed E-state index contributed by atoms with van der Waals surface area (Å²) in [5.41, 5.74) is 11.4. The Bertz CT molecular complexity index is 972. The van der Waals surface area contributed by atoms with Crippen LogP contribution in [0.15, 0.2) is 23.9 Å². The number of hydrogen-bond acceptors (Lipinski definition) is 7. The van der Waals surface area contributed by atoms with Crippen molar-refractivity contribution in [1.29, 1.82) is 0 Å². The van der Waals surface area contributed by atoms with E-state index in [4.69, 9.17) is 10.5 Å². The molecule has 1 saturated heterocycles. The lowest BCUT2D eigenvalue weighted by molar-refractivity contribution is -0.142. The number of nitrogens with two attached hydrogens (primary N) is 1. The van der Waals surface area contributed by atoms with Gasteiger partial charge in [0.2, 0.25) is 0 Å². The van der Waals surface area contributed by atoms with Gasteiger partial charge in [-0.05, 0) is 57.6 Å². The molecule has 1 saturated carbocycles. The van der Waals surface area contributed by atoms with Gasteiger partial charge in [-0.3, -0.25) is 4.79 Å². The zero-order chi connectivity index (χ0) is 24.0. The number of nitrogens with zero attached hydrogens (tertiary/aromatic N) is 1. The fraction of sp³-hybridized carbons (Fsp3) is 0.640. The van der Waals surface area contributed by atoms with Crippen molar-refractivity contribution in [3.63, 3.8) is 0 Å². The summed E-state index contributed by atoms with van der Waals surface area (Å²) in [5, 5.41) is 28.4. The van der Waals surface area contributed by atoms with E-state index in [1.807, 2.05) is 6.08 Å². The van der Waals surface area contributed by atoms with Crippen LogP contribution < -0.4 is 21.3 Å². The Morgan fingerprint density at radius 3 is 2.85 bits per heavy atom. The smallest absolute Gasteiger partial charge is 0.306 e. The van der Waals surface area contributed by atoms with Crippen molar-refractivity contribution >= 4 is 45.6 Å². The molecule has 0 spiro atoms. The van der Waals surface area contributed by atoms with Gasteiger partial charge in [-0.25, -0.2) is 0 Å². The minimum Gasteiger partial charge on any atom is -0.481 e. The SMILES string of the molecule is CC1CCc2c(ccc3c2NC(C(O)/C(N)=C/C2CCOC2I)N3C2CCCC(C(=O)O)C2)N1. The van der Waals surface area contributed by atoms with E-state index in [2.05, 4.69) is 57.2 Å². The molecule has 186 valence electrons. The molecule has 1 aliphatic carbocycles. The van der Waals surface area contributed by atoms with Crippen molar-refractivity contribution in [3.8, 4) is 0 Å². The number of fused-ring (bicyclic) bond motifs is 3. The number of alkyl halides is 1. The van der Waals surface area contributed by atoms with Crippen molar-refractivity contribution in [3.05, 3.63) is 29.5 Å². The van der Waals surface area contributed by atoms with Crippen molar-refractivity contribution in [2.24, 2.45) is 17.6 Å². The Kier molecular flexibility index (Phi) is 6.87. The zero-order valence-electron chi connectivity index (χ0n) is 19.5. The molecule has 0 radical (unpaired) electrons. The van der Waals surface area contributed by atoms with Crippen LogP contribution in [-0.4, -0.2) is 51.3 Å². The highest BCUT2D eigenvalue weighted by Gasteiger charge is 2.43.